The first-order chi connectivity index (χ1) is 17.3. The number of aliphatic hydroxyl groups excluding tert-OH is 1. The number of hydrogen-bond donors (Lipinski definition) is 1. The Morgan fingerprint density at radius 3 is 2.46 bits per heavy atom. The van der Waals surface area contributed by atoms with E-state index in [0.717, 1.165) is 45.7 Å². The molecule has 6 nitrogen and oxygen atoms in total. The van der Waals surface area contributed by atoms with Crippen LogP contribution in [0, 0.1) is 6.92 Å². The minimum Gasteiger partial charge on any atom is -0.488 e. The van der Waals surface area contributed by atoms with Gasteiger partial charge in [-0.05, 0) is 57.1 Å². The second-order valence-corrected chi connectivity index (χ2v) is 11.6. The molecule has 0 bridgehead atoms. The summed E-state index contributed by atoms with van der Waals surface area (Å²) in [6.07, 6.45) is 0.410. The monoisotopic (exact) mass is 510 g/mol. The third-order valence-electron chi connectivity index (χ3n) is 6.66. The van der Waals surface area contributed by atoms with Gasteiger partial charge in [0.25, 0.3) is 0 Å². The Morgan fingerprint density at radius 2 is 1.84 bits per heavy atom. The van der Waals surface area contributed by atoms with Crippen LogP contribution >= 0.6 is 0 Å². The molecular weight excluding hydrogens is 468 g/mol. The number of benzene rings is 2. The summed E-state index contributed by atoms with van der Waals surface area (Å²) in [7, 11) is 0. The van der Waals surface area contributed by atoms with Gasteiger partial charge in [-0.3, -0.25) is 9.59 Å². The summed E-state index contributed by atoms with van der Waals surface area (Å²) in [5, 5.41) is 10.7. The number of ketones is 1. The fourth-order valence-electron chi connectivity index (χ4n) is 5.06. The van der Waals surface area contributed by atoms with Gasteiger partial charge < -0.3 is 19.3 Å². The molecule has 0 saturated carbocycles. The summed E-state index contributed by atoms with van der Waals surface area (Å²) in [4.78, 5) is 23.9. The van der Waals surface area contributed by atoms with Crippen LogP contribution in [0.25, 0.3) is 0 Å². The van der Waals surface area contributed by atoms with E-state index >= 15 is 0 Å². The Balaban J connectivity index is 1.93. The van der Waals surface area contributed by atoms with Gasteiger partial charge in [0.05, 0.1) is 12.7 Å². The molecule has 202 valence electrons. The standard InChI is InChI=1S/C31H42O6/c1-8-35-26(34)17-23(33)16-22(32)14-15-24-27(30(3,4)5)28(36-19-21-12-10-9-11-13-21)20(2)25-18-31(6,7)37-29(24)25/h9-13,22,32H,8,14-19H2,1-7H3. The van der Waals surface area contributed by atoms with Crippen LogP contribution in [0.4, 0.5) is 0 Å². The smallest absolute Gasteiger partial charge is 0.313 e. The molecule has 1 unspecified atom stereocenters. The summed E-state index contributed by atoms with van der Waals surface area (Å²) in [5.41, 5.74) is 4.84. The normalized spacial score (nSPS) is 15.0. The summed E-state index contributed by atoms with van der Waals surface area (Å²) in [5.74, 6) is 0.881. The Labute approximate surface area is 221 Å². The predicted molar refractivity (Wildman–Crippen MR) is 144 cm³/mol. The summed E-state index contributed by atoms with van der Waals surface area (Å²) in [6.45, 7) is 15.1. The topological polar surface area (TPSA) is 82.1 Å². The van der Waals surface area contributed by atoms with Crippen LogP contribution in [-0.2, 0) is 39.2 Å². The number of ether oxygens (including phenoxy) is 3. The Bertz CT molecular complexity index is 1110. The molecular formula is C31H42O6. The van der Waals surface area contributed by atoms with E-state index in [2.05, 4.69) is 53.7 Å². The zero-order valence-corrected chi connectivity index (χ0v) is 23.4. The highest BCUT2D eigenvalue weighted by molar-refractivity contribution is 5.95. The van der Waals surface area contributed by atoms with Gasteiger partial charge in [-0.25, -0.2) is 0 Å². The number of Topliss-reactive ketones (excluding diaryl/α,β-unsaturated/α-hetero) is 1. The van der Waals surface area contributed by atoms with Crippen molar-refractivity contribution < 1.29 is 28.9 Å². The van der Waals surface area contributed by atoms with Crippen LogP contribution in [0.15, 0.2) is 30.3 Å². The fraction of sp³-hybridized carbons (Fsp3) is 0.548. The summed E-state index contributed by atoms with van der Waals surface area (Å²) >= 11 is 0. The molecule has 0 fully saturated rings. The van der Waals surface area contributed by atoms with Crippen molar-refractivity contribution in [1.29, 1.82) is 0 Å². The van der Waals surface area contributed by atoms with Crippen molar-refractivity contribution in [3.63, 3.8) is 0 Å². The first kappa shape index (κ1) is 28.7. The second kappa shape index (κ2) is 11.7. The lowest BCUT2D eigenvalue weighted by atomic mass is 9.78. The molecule has 1 atom stereocenters. The maximum atomic E-state index is 12.3. The molecule has 1 heterocycles. The average Bonchev–Trinajstić information content (AvgIpc) is 3.13. The van der Waals surface area contributed by atoms with Gasteiger partial charge >= 0.3 is 5.97 Å². The molecule has 1 aliphatic heterocycles. The molecule has 0 spiro atoms. The second-order valence-electron chi connectivity index (χ2n) is 11.6. The van der Waals surface area contributed by atoms with E-state index in [1.54, 1.807) is 6.92 Å². The summed E-state index contributed by atoms with van der Waals surface area (Å²) in [6, 6.07) is 10.1. The van der Waals surface area contributed by atoms with E-state index in [0.29, 0.717) is 19.4 Å². The molecule has 0 aromatic heterocycles. The van der Waals surface area contributed by atoms with Gasteiger partial charge in [0.1, 0.15) is 35.9 Å². The van der Waals surface area contributed by atoms with Crippen molar-refractivity contribution in [2.24, 2.45) is 0 Å². The largest absolute Gasteiger partial charge is 0.488 e. The highest BCUT2D eigenvalue weighted by Crippen LogP contribution is 2.50. The lowest BCUT2D eigenvalue weighted by Gasteiger charge is -2.30. The van der Waals surface area contributed by atoms with Crippen LogP contribution < -0.4 is 9.47 Å². The Hall–Kier alpha value is -2.86. The van der Waals surface area contributed by atoms with Crippen molar-refractivity contribution in [2.45, 2.75) is 104 Å². The van der Waals surface area contributed by atoms with E-state index < -0.39 is 12.1 Å². The molecule has 1 N–H and O–H groups in total. The van der Waals surface area contributed by atoms with Gasteiger partial charge in [-0.1, -0.05) is 51.1 Å². The first-order valence-corrected chi connectivity index (χ1v) is 13.2. The van der Waals surface area contributed by atoms with Crippen molar-refractivity contribution in [3.8, 4) is 11.5 Å². The number of esters is 1. The minimum absolute atomic E-state index is 0.0819. The van der Waals surface area contributed by atoms with Crippen molar-refractivity contribution in [2.75, 3.05) is 6.61 Å². The number of aliphatic hydroxyl groups is 1. The van der Waals surface area contributed by atoms with Gasteiger partial charge in [0.2, 0.25) is 0 Å². The third-order valence-corrected chi connectivity index (χ3v) is 6.66. The van der Waals surface area contributed by atoms with Crippen LogP contribution in [0.5, 0.6) is 11.5 Å². The SMILES string of the molecule is CCOC(=O)CC(=O)CC(O)CCc1c2c(c(C)c(OCc3ccccc3)c1C(C)(C)C)CC(C)(C)O2. The predicted octanol–water partition coefficient (Wildman–Crippen LogP) is 5.79. The lowest BCUT2D eigenvalue weighted by molar-refractivity contribution is -0.145. The molecule has 0 radical (unpaired) electrons. The lowest BCUT2D eigenvalue weighted by Crippen LogP contribution is -2.25. The van der Waals surface area contributed by atoms with E-state index in [9.17, 15) is 14.7 Å². The molecule has 0 aliphatic carbocycles. The zero-order valence-electron chi connectivity index (χ0n) is 23.4. The van der Waals surface area contributed by atoms with Gasteiger partial charge in [0, 0.05) is 29.5 Å². The van der Waals surface area contributed by atoms with E-state index in [1.807, 2.05) is 18.2 Å². The highest BCUT2D eigenvalue weighted by atomic mass is 16.5. The summed E-state index contributed by atoms with van der Waals surface area (Å²) < 4.78 is 17.9. The Kier molecular flexibility index (Phi) is 9.06. The zero-order chi connectivity index (χ0) is 27.4. The van der Waals surface area contributed by atoms with Gasteiger partial charge in [-0.15, -0.1) is 0 Å². The number of rotatable bonds is 11. The highest BCUT2D eigenvalue weighted by Gasteiger charge is 2.38. The molecule has 0 amide bonds. The molecule has 3 rings (SSSR count). The quantitative estimate of drug-likeness (QED) is 0.304. The van der Waals surface area contributed by atoms with Gasteiger partial charge in [0.15, 0.2) is 0 Å². The maximum absolute atomic E-state index is 12.3. The van der Waals surface area contributed by atoms with E-state index in [-0.39, 0.29) is 36.2 Å². The van der Waals surface area contributed by atoms with E-state index in [1.165, 1.54) is 0 Å². The van der Waals surface area contributed by atoms with Crippen molar-refractivity contribution in [1.82, 2.24) is 0 Å². The number of fused-ring (bicyclic) bond motifs is 1. The third kappa shape index (κ3) is 7.35. The average molecular weight is 511 g/mol. The molecule has 37 heavy (non-hydrogen) atoms. The van der Waals surface area contributed by atoms with Crippen LogP contribution in [0.3, 0.4) is 0 Å². The van der Waals surface area contributed by atoms with E-state index in [4.69, 9.17) is 14.2 Å². The van der Waals surface area contributed by atoms with Crippen LogP contribution in [0.1, 0.15) is 88.6 Å². The molecule has 2 aromatic rings. The number of carbonyl (C=O) groups excluding carboxylic acids is 2. The van der Waals surface area contributed by atoms with Gasteiger partial charge in [-0.2, -0.15) is 0 Å². The minimum atomic E-state index is -0.866. The first-order valence-electron chi connectivity index (χ1n) is 13.2. The molecule has 2 aromatic carbocycles. The van der Waals surface area contributed by atoms with Crippen LogP contribution in [-0.4, -0.2) is 35.2 Å². The molecule has 6 heteroatoms. The Morgan fingerprint density at radius 1 is 1.16 bits per heavy atom. The fourth-order valence-corrected chi connectivity index (χ4v) is 5.06. The maximum Gasteiger partial charge on any atom is 0.313 e. The molecule has 0 saturated heterocycles. The number of hydrogen-bond acceptors (Lipinski definition) is 6. The van der Waals surface area contributed by atoms with Crippen molar-refractivity contribution >= 4 is 11.8 Å². The van der Waals surface area contributed by atoms with Crippen LogP contribution in [0.2, 0.25) is 0 Å². The number of carbonyl (C=O) groups is 2. The van der Waals surface area contributed by atoms with Crippen molar-refractivity contribution in [3.05, 3.63) is 58.1 Å². The molecule has 1 aliphatic rings.